The molecule has 8 nitrogen and oxygen atoms in total. The van der Waals surface area contributed by atoms with Crippen LogP contribution in [0, 0.1) is 0 Å². The van der Waals surface area contributed by atoms with Crippen LogP contribution in [0.2, 0.25) is 0 Å². The molecule has 1 atom stereocenters. The highest BCUT2D eigenvalue weighted by Gasteiger charge is 2.23. The van der Waals surface area contributed by atoms with Gasteiger partial charge in [0.15, 0.2) is 11.8 Å². The Labute approximate surface area is 208 Å². The van der Waals surface area contributed by atoms with Gasteiger partial charge in [0.2, 0.25) is 5.89 Å². The number of guanidine groups is 1. The van der Waals surface area contributed by atoms with Crippen molar-refractivity contribution in [3.05, 3.63) is 41.5 Å². The SMILES string of the molecule is CN=C(NCCCc1nc(C(C)C)no1)NCC(c1ccc(OC)cc1)N1CCCC1.I. The fourth-order valence-corrected chi connectivity index (χ4v) is 3.80. The summed E-state index contributed by atoms with van der Waals surface area (Å²) in [6.07, 6.45) is 4.17. The molecule has 0 spiro atoms. The van der Waals surface area contributed by atoms with Gasteiger partial charge in [0.25, 0.3) is 0 Å². The monoisotopic (exact) mass is 556 g/mol. The minimum Gasteiger partial charge on any atom is -0.497 e. The number of hydrogen-bond donors (Lipinski definition) is 2. The highest BCUT2D eigenvalue weighted by Crippen LogP contribution is 2.26. The lowest BCUT2D eigenvalue weighted by Gasteiger charge is -2.29. The molecule has 0 aliphatic carbocycles. The molecule has 1 aromatic carbocycles. The molecule has 2 aromatic rings. The van der Waals surface area contributed by atoms with Gasteiger partial charge in [-0.1, -0.05) is 31.1 Å². The lowest BCUT2D eigenvalue weighted by atomic mass is 10.1. The highest BCUT2D eigenvalue weighted by molar-refractivity contribution is 14.0. The zero-order valence-electron chi connectivity index (χ0n) is 19.6. The average molecular weight is 556 g/mol. The molecule has 0 bridgehead atoms. The normalized spacial score (nSPS) is 15.5. The van der Waals surface area contributed by atoms with Gasteiger partial charge in [-0.15, -0.1) is 24.0 Å². The maximum atomic E-state index is 5.32. The van der Waals surface area contributed by atoms with Gasteiger partial charge in [-0.2, -0.15) is 4.98 Å². The van der Waals surface area contributed by atoms with Gasteiger partial charge in [-0.25, -0.2) is 0 Å². The molecular formula is C23H37IN6O2. The number of methoxy groups -OCH3 is 1. The van der Waals surface area contributed by atoms with Crippen molar-refractivity contribution in [1.29, 1.82) is 0 Å². The third-order valence-electron chi connectivity index (χ3n) is 5.63. The van der Waals surface area contributed by atoms with Crippen molar-refractivity contribution in [2.24, 2.45) is 4.99 Å². The van der Waals surface area contributed by atoms with Crippen LogP contribution in [-0.4, -0.2) is 61.3 Å². The van der Waals surface area contributed by atoms with Crippen molar-refractivity contribution in [1.82, 2.24) is 25.7 Å². The summed E-state index contributed by atoms with van der Waals surface area (Å²) in [5, 5.41) is 10.9. The Morgan fingerprint density at radius 3 is 2.50 bits per heavy atom. The maximum absolute atomic E-state index is 5.32. The minimum atomic E-state index is 0. The summed E-state index contributed by atoms with van der Waals surface area (Å²) in [6, 6.07) is 8.70. The standard InChI is InChI=1S/C23H36N6O2.HI/c1-17(2)22-27-21(31-28-22)8-7-13-25-23(24-3)26-16-20(29-14-5-6-15-29)18-9-11-19(30-4)12-10-18;/h9-12,17,20H,5-8,13-16H2,1-4H3,(H2,24,25,26);1H. The Morgan fingerprint density at radius 1 is 1.19 bits per heavy atom. The van der Waals surface area contributed by atoms with Crippen LogP contribution >= 0.6 is 24.0 Å². The number of likely N-dealkylation sites (tertiary alicyclic amines) is 1. The zero-order valence-corrected chi connectivity index (χ0v) is 22.0. The van der Waals surface area contributed by atoms with Crippen LogP contribution < -0.4 is 15.4 Å². The first-order valence-corrected chi connectivity index (χ1v) is 11.3. The fraction of sp³-hybridized carbons (Fsp3) is 0.609. The predicted molar refractivity (Wildman–Crippen MR) is 138 cm³/mol. The van der Waals surface area contributed by atoms with E-state index < -0.39 is 0 Å². The second-order valence-electron chi connectivity index (χ2n) is 8.22. The maximum Gasteiger partial charge on any atom is 0.226 e. The number of aromatic nitrogens is 2. The summed E-state index contributed by atoms with van der Waals surface area (Å²) in [5.41, 5.74) is 1.29. The smallest absolute Gasteiger partial charge is 0.226 e. The number of nitrogens with zero attached hydrogens (tertiary/aromatic N) is 4. The lowest BCUT2D eigenvalue weighted by molar-refractivity contribution is 0.245. The quantitative estimate of drug-likeness (QED) is 0.200. The summed E-state index contributed by atoms with van der Waals surface area (Å²) in [4.78, 5) is 11.4. The Hall–Kier alpha value is -1.88. The second-order valence-corrected chi connectivity index (χ2v) is 8.22. The number of ether oxygens (including phenoxy) is 1. The van der Waals surface area contributed by atoms with Gasteiger partial charge >= 0.3 is 0 Å². The first kappa shape index (κ1) is 26.4. The van der Waals surface area contributed by atoms with Gasteiger partial charge in [0, 0.05) is 32.5 Å². The predicted octanol–water partition coefficient (Wildman–Crippen LogP) is 3.75. The van der Waals surface area contributed by atoms with Crippen LogP contribution in [0.1, 0.15) is 62.3 Å². The molecule has 1 unspecified atom stereocenters. The first-order valence-electron chi connectivity index (χ1n) is 11.3. The molecule has 2 N–H and O–H groups in total. The fourth-order valence-electron chi connectivity index (χ4n) is 3.80. The van der Waals surface area contributed by atoms with E-state index in [0.717, 1.165) is 56.6 Å². The largest absolute Gasteiger partial charge is 0.497 e. The number of halogens is 1. The minimum absolute atomic E-state index is 0. The zero-order chi connectivity index (χ0) is 22.1. The molecule has 3 rings (SSSR count). The van der Waals surface area contributed by atoms with Gasteiger partial charge in [-0.05, 0) is 50.0 Å². The van der Waals surface area contributed by atoms with E-state index >= 15 is 0 Å². The summed E-state index contributed by atoms with van der Waals surface area (Å²) >= 11 is 0. The summed E-state index contributed by atoms with van der Waals surface area (Å²) in [6.45, 7) is 7.98. The van der Waals surface area contributed by atoms with Crippen molar-refractivity contribution < 1.29 is 9.26 Å². The lowest BCUT2D eigenvalue weighted by Crippen LogP contribution is -2.43. The molecule has 1 aliphatic rings. The third kappa shape index (κ3) is 7.61. The van der Waals surface area contributed by atoms with Crippen LogP contribution in [-0.2, 0) is 6.42 Å². The van der Waals surface area contributed by atoms with Crippen LogP contribution in [0.4, 0.5) is 0 Å². The molecule has 9 heteroatoms. The average Bonchev–Trinajstić information content (AvgIpc) is 3.48. The number of rotatable bonds is 10. The van der Waals surface area contributed by atoms with E-state index in [1.807, 2.05) is 12.1 Å². The van der Waals surface area contributed by atoms with E-state index in [0.29, 0.717) is 11.9 Å². The van der Waals surface area contributed by atoms with E-state index in [2.05, 4.69) is 56.6 Å². The van der Waals surface area contributed by atoms with Crippen molar-refractivity contribution in [3.63, 3.8) is 0 Å². The molecule has 1 aromatic heterocycles. The first-order chi connectivity index (χ1) is 15.1. The third-order valence-corrected chi connectivity index (χ3v) is 5.63. The molecule has 0 radical (unpaired) electrons. The molecular weight excluding hydrogens is 519 g/mol. The summed E-state index contributed by atoms with van der Waals surface area (Å²) < 4.78 is 10.6. The van der Waals surface area contributed by atoms with Gasteiger partial charge in [0.05, 0.1) is 13.2 Å². The number of nitrogens with one attached hydrogen (secondary N) is 2. The van der Waals surface area contributed by atoms with Crippen LogP contribution in [0.3, 0.4) is 0 Å². The number of benzene rings is 1. The van der Waals surface area contributed by atoms with Crippen molar-refractivity contribution in [2.75, 3.05) is 40.3 Å². The summed E-state index contributed by atoms with van der Waals surface area (Å²) in [7, 11) is 3.51. The van der Waals surface area contributed by atoms with Crippen LogP contribution in [0.25, 0.3) is 0 Å². The molecule has 1 aliphatic heterocycles. The molecule has 1 saturated heterocycles. The number of aryl methyl sites for hydroxylation is 1. The Morgan fingerprint density at radius 2 is 1.91 bits per heavy atom. The number of hydrogen-bond acceptors (Lipinski definition) is 6. The van der Waals surface area contributed by atoms with Crippen LogP contribution in [0.5, 0.6) is 5.75 Å². The van der Waals surface area contributed by atoms with Gasteiger partial charge in [-0.3, -0.25) is 9.89 Å². The van der Waals surface area contributed by atoms with Crippen molar-refractivity contribution >= 4 is 29.9 Å². The topological polar surface area (TPSA) is 87.8 Å². The molecule has 178 valence electrons. The van der Waals surface area contributed by atoms with Crippen molar-refractivity contribution in [2.45, 2.75) is 51.5 Å². The Bertz CT molecular complexity index is 818. The van der Waals surface area contributed by atoms with Gasteiger partial charge in [0.1, 0.15) is 5.75 Å². The van der Waals surface area contributed by atoms with E-state index in [1.54, 1.807) is 14.2 Å². The Balaban J connectivity index is 0.00000363. The molecule has 2 heterocycles. The molecule has 1 fully saturated rings. The van der Waals surface area contributed by atoms with E-state index in [4.69, 9.17) is 9.26 Å². The van der Waals surface area contributed by atoms with Crippen LogP contribution in [0.15, 0.2) is 33.8 Å². The van der Waals surface area contributed by atoms with Crippen molar-refractivity contribution in [3.8, 4) is 5.75 Å². The molecule has 0 saturated carbocycles. The summed E-state index contributed by atoms with van der Waals surface area (Å²) in [5.74, 6) is 3.45. The molecule has 32 heavy (non-hydrogen) atoms. The second kappa shape index (κ2) is 13.6. The van der Waals surface area contributed by atoms with E-state index in [1.165, 1.54) is 18.4 Å². The van der Waals surface area contributed by atoms with E-state index in [-0.39, 0.29) is 29.9 Å². The van der Waals surface area contributed by atoms with E-state index in [9.17, 15) is 0 Å². The van der Waals surface area contributed by atoms with Gasteiger partial charge < -0.3 is 19.9 Å². The highest BCUT2D eigenvalue weighted by atomic mass is 127. The molecule has 0 amide bonds. The number of aliphatic imine (C=N–C) groups is 1. The Kier molecular flexibility index (Phi) is 11.2.